The van der Waals surface area contributed by atoms with Crippen molar-refractivity contribution in [2.24, 2.45) is 0 Å². The van der Waals surface area contributed by atoms with E-state index in [1.54, 1.807) is 12.4 Å². The third kappa shape index (κ3) is 0.719. The second-order valence-corrected chi connectivity index (χ2v) is 1.87. The molecule has 0 fully saturated rings. The lowest BCUT2D eigenvalue weighted by molar-refractivity contribution is 1.18. The average Bonchev–Trinajstić information content (AvgIpc) is 2.05. The molecule has 0 aliphatic rings. The van der Waals surface area contributed by atoms with E-state index in [1.807, 2.05) is 6.07 Å². The first-order valence-corrected chi connectivity index (χ1v) is 2.88. The summed E-state index contributed by atoms with van der Waals surface area (Å²) in [6.07, 6.45) is 4.79. The van der Waals surface area contributed by atoms with Crippen molar-refractivity contribution in [2.75, 3.05) is 0 Å². The highest BCUT2D eigenvalue weighted by Gasteiger charge is 1.89. The topological polar surface area (TPSA) is 38.7 Å². The van der Waals surface area contributed by atoms with Gasteiger partial charge in [-0.1, -0.05) is 0 Å². The van der Waals surface area contributed by atoms with Crippen molar-refractivity contribution >= 4 is 11.0 Å². The maximum Gasteiger partial charge on any atom is 0.162 e. The lowest BCUT2D eigenvalue weighted by atomic mass is 10.3. The van der Waals surface area contributed by atoms with Crippen molar-refractivity contribution in [1.29, 1.82) is 0 Å². The molecule has 10 heavy (non-hydrogen) atoms. The number of hydrogen-bond acceptors (Lipinski definition) is 3. The van der Waals surface area contributed by atoms with Crippen molar-refractivity contribution in [1.82, 2.24) is 15.0 Å². The van der Waals surface area contributed by atoms with Crippen LogP contribution in [0.15, 0.2) is 24.8 Å². The van der Waals surface area contributed by atoms with Crippen LogP contribution >= 0.6 is 0 Å². The Labute approximate surface area is 57.8 Å². The fraction of sp³-hybridized carbons (Fsp3) is 0. The molecule has 0 N–H and O–H groups in total. The molecule has 0 aliphatic heterocycles. The summed E-state index contributed by atoms with van der Waals surface area (Å²) in [4.78, 5) is 11.8. The first kappa shape index (κ1) is 5.29. The van der Waals surface area contributed by atoms with E-state index < -0.39 is 0 Å². The quantitative estimate of drug-likeness (QED) is 0.530. The zero-order chi connectivity index (χ0) is 6.81. The van der Waals surface area contributed by atoms with Gasteiger partial charge in [-0.05, 0) is 6.07 Å². The summed E-state index contributed by atoms with van der Waals surface area (Å²) in [6.45, 7) is 0. The Hall–Kier alpha value is -1.51. The van der Waals surface area contributed by atoms with E-state index in [1.165, 1.54) is 6.33 Å². The standard InChI is InChI=1S/C7H4N3/c1-2-6-4-8-5-10-7(6)9-3-1/h2-5H. The summed E-state index contributed by atoms with van der Waals surface area (Å²) in [5.41, 5.74) is 0.716. The van der Waals surface area contributed by atoms with Gasteiger partial charge in [0.2, 0.25) is 0 Å². The van der Waals surface area contributed by atoms with Gasteiger partial charge in [0.1, 0.15) is 6.33 Å². The van der Waals surface area contributed by atoms with Crippen LogP contribution in [0.2, 0.25) is 0 Å². The number of rotatable bonds is 0. The maximum absolute atomic E-state index is 3.97. The fourth-order valence-corrected chi connectivity index (χ4v) is 0.769. The first-order chi connectivity index (χ1) is 4.97. The van der Waals surface area contributed by atoms with E-state index in [4.69, 9.17) is 0 Å². The summed E-state index contributed by atoms with van der Waals surface area (Å²) in [5.74, 6) is 0. The SMILES string of the molecule is [c]1cnc2ncncc2c1. The summed E-state index contributed by atoms with van der Waals surface area (Å²) >= 11 is 0. The Morgan fingerprint density at radius 1 is 1.30 bits per heavy atom. The van der Waals surface area contributed by atoms with Crippen LogP contribution < -0.4 is 0 Å². The third-order valence-corrected chi connectivity index (χ3v) is 1.22. The van der Waals surface area contributed by atoms with Crippen LogP contribution in [0.4, 0.5) is 0 Å². The molecular weight excluding hydrogens is 126 g/mol. The van der Waals surface area contributed by atoms with E-state index in [0.717, 1.165) is 5.39 Å². The van der Waals surface area contributed by atoms with Crippen LogP contribution in [0.3, 0.4) is 0 Å². The monoisotopic (exact) mass is 130 g/mol. The minimum Gasteiger partial charge on any atom is -0.244 e. The molecule has 0 aromatic carbocycles. The van der Waals surface area contributed by atoms with Crippen LogP contribution in [0, 0.1) is 6.07 Å². The van der Waals surface area contributed by atoms with E-state index >= 15 is 0 Å². The Kier molecular flexibility index (Phi) is 1.07. The van der Waals surface area contributed by atoms with Crippen LogP contribution in [-0.2, 0) is 0 Å². The summed E-state index contributed by atoms with van der Waals surface area (Å²) in [5, 5.41) is 0.921. The van der Waals surface area contributed by atoms with Gasteiger partial charge in [0.05, 0.1) is 0 Å². The zero-order valence-electron chi connectivity index (χ0n) is 5.15. The minimum absolute atomic E-state index is 0.716. The first-order valence-electron chi connectivity index (χ1n) is 2.88. The molecule has 0 aliphatic carbocycles. The number of pyridine rings is 1. The second-order valence-electron chi connectivity index (χ2n) is 1.87. The lowest BCUT2D eigenvalue weighted by Gasteiger charge is -1.89. The van der Waals surface area contributed by atoms with Crippen LogP contribution in [0.1, 0.15) is 0 Å². The fourth-order valence-electron chi connectivity index (χ4n) is 0.769. The van der Waals surface area contributed by atoms with Crippen molar-refractivity contribution < 1.29 is 0 Å². The third-order valence-electron chi connectivity index (χ3n) is 1.22. The zero-order valence-corrected chi connectivity index (χ0v) is 5.15. The maximum atomic E-state index is 3.97. The molecule has 47 valence electrons. The molecule has 0 spiro atoms. The number of fused-ring (bicyclic) bond motifs is 1. The Balaban J connectivity index is 2.89. The predicted molar refractivity (Wildman–Crippen MR) is 36.2 cm³/mol. The molecule has 2 rings (SSSR count). The lowest BCUT2D eigenvalue weighted by Crippen LogP contribution is -1.82. The number of aromatic nitrogens is 3. The van der Waals surface area contributed by atoms with Crippen molar-refractivity contribution in [3.63, 3.8) is 0 Å². The molecule has 0 saturated heterocycles. The van der Waals surface area contributed by atoms with Crippen molar-refractivity contribution in [2.45, 2.75) is 0 Å². The molecule has 0 unspecified atom stereocenters. The van der Waals surface area contributed by atoms with E-state index in [-0.39, 0.29) is 0 Å². The number of hydrogen-bond donors (Lipinski definition) is 0. The predicted octanol–water partition coefficient (Wildman–Crippen LogP) is 0.825. The normalized spacial score (nSPS) is 10.0. The van der Waals surface area contributed by atoms with Gasteiger partial charge >= 0.3 is 0 Å². The summed E-state index contributed by atoms with van der Waals surface area (Å²) in [6, 6.07) is 4.65. The van der Waals surface area contributed by atoms with Gasteiger partial charge in [0, 0.05) is 23.8 Å². The van der Waals surface area contributed by atoms with E-state index in [0.29, 0.717) is 5.65 Å². The van der Waals surface area contributed by atoms with Gasteiger partial charge in [-0.3, -0.25) is 0 Å². The van der Waals surface area contributed by atoms with Crippen LogP contribution in [-0.4, -0.2) is 15.0 Å². The largest absolute Gasteiger partial charge is 0.244 e. The molecule has 2 heterocycles. The molecule has 0 amide bonds. The molecule has 0 saturated carbocycles. The van der Waals surface area contributed by atoms with Gasteiger partial charge in [-0.2, -0.15) is 0 Å². The molecule has 2 aromatic rings. The molecule has 3 nitrogen and oxygen atoms in total. The average molecular weight is 130 g/mol. The van der Waals surface area contributed by atoms with Crippen LogP contribution in [0.5, 0.6) is 0 Å². The number of nitrogens with zero attached hydrogens (tertiary/aromatic N) is 3. The second kappa shape index (κ2) is 2.02. The van der Waals surface area contributed by atoms with Crippen LogP contribution in [0.25, 0.3) is 11.0 Å². The Morgan fingerprint density at radius 2 is 2.30 bits per heavy atom. The summed E-state index contributed by atoms with van der Waals surface area (Å²) < 4.78 is 0. The highest BCUT2D eigenvalue weighted by atomic mass is 14.9. The minimum atomic E-state index is 0.716. The van der Waals surface area contributed by atoms with Gasteiger partial charge in [0.15, 0.2) is 5.65 Å². The van der Waals surface area contributed by atoms with Gasteiger partial charge in [-0.15, -0.1) is 0 Å². The molecular formula is C7H4N3. The van der Waals surface area contributed by atoms with Gasteiger partial charge < -0.3 is 0 Å². The summed E-state index contributed by atoms with van der Waals surface area (Å²) in [7, 11) is 0. The Morgan fingerprint density at radius 3 is 3.20 bits per heavy atom. The Bertz CT molecular complexity index is 280. The highest BCUT2D eigenvalue weighted by molar-refractivity contribution is 5.72. The molecule has 3 heteroatoms. The van der Waals surface area contributed by atoms with Crippen molar-refractivity contribution in [3.05, 3.63) is 30.9 Å². The highest BCUT2D eigenvalue weighted by Crippen LogP contribution is 2.02. The van der Waals surface area contributed by atoms with E-state index in [2.05, 4.69) is 21.0 Å². The van der Waals surface area contributed by atoms with Gasteiger partial charge in [-0.25, -0.2) is 15.0 Å². The molecule has 0 atom stereocenters. The smallest absolute Gasteiger partial charge is 0.162 e. The van der Waals surface area contributed by atoms with E-state index in [9.17, 15) is 0 Å². The molecule has 0 bridgehead atoms. The molecule has 2 aromatic heterocycles. The molecule has 1 radical (unpaired) electrons. The van der Waals surface area contributed by atoms with Crippen molar-refractivity contribution in [3.8, 4) is 0 Å². The van der Waals surface area contributed by atoms with Gasteiger partial charge in [0.25, 0.3) is 0 Å².